The Bertz CT molecular complexity index is 1340. The third-order valence-corrected chi connectivity index (χ3v) is 6.75. The fraction of sp³-hybridized carbons (Fsp3) is 0.276. The highest BCUT2D eigenvalue weighted by atomic mass is 19.1. The number of allylic oxidation sites excluding steroid dienone is 1. The zero-order chi connectivity index (χ0) is 26.4. The van der Waals surface area contributed by atoms with E-state index >= 15 is 4.39 Å². The minimum Gasteiger partial charge on any atom is -0.480 e. The Labute approximate surface area is 215 Å². The van der Waals surface area contributed by atoms with E-state index < -0.39 is 23.2 Å². The van der Waals surface area contributed by atoms with E-state index in [0.717, 1.165) is 12.0 Å². The number of carbonyl (C=O) groups excluding carboxylic acids is 2. The number of amides is 2. The van der Waals surface area contributed by atoms with Crippen LogP contribution in [0.1, 0.15) is 64.6 Å². The number of aliphatic carboxylic acids is 1. The van der Waals surface area contributed by atoms with Crippen molar-refractivity contribution < 1.29 is 23.9 Å². The summed E-state index contributed by atoms with van der Waals surface area (Å²) in [6.07, 6.45) is 7.91. The number of halogens is 1. The minimum absolute atomic E-state index is 0.193. The van der Waals surface area contributed by atoms with Crippen LogP contribution in [0.4, 0.5) is 10.1 Å². The molecule has 0 saturated heterocycles. The summed E-state index contributed by atoms with van der Waals surface area (Å²) >= 11 is 0. The zero-order valence-electron chi connectivity index (χ0n) is 20.7. The average molecular weight is 504 g/mol. The second kappa shape index (κ2) is 11.2. The lowest BCUT2D eigenvalue weighted by Crippen LogP contribution is -2.52. The zero-order valence-corrected chi connectivity index (χ0v) is 20.7. The molecule has 1 heterocycles. The van der Waals surface area contributed by atoms with Gasteiger partial charge in [-0.25, -0.2) is 9.18 Å². The number of aryl methyl sites for hydroxylation is 1. The smallest absolute Gasteiger partial charge is 0.329 e. The number of rotatable bonds is 9. The quantitative estimate of drug-likeness (QED) is 0.370. The maximum atomic E-state index is 15.2. The Hall–Kier alpha value is -4.20. The van der Waals surface area contributed by atoms with Gasteiger partial charge < -0.3 is 20.3 Å². The molecule has 1 aromatic heterocycles. The van der Waals surface area contributed by atoms with Crippen molar-refractivity contribution in [3.05, 3.63) is 95.1 Å². The van der Waals surface area contributed by atoms with E-state index in [1.54, 1.807) is 41.1 Å². The van der Waals surface area contributed by atoms with E-state index in [9.17, 15) is 19.5 Å². The summed E-state index contributed by atoms with van der Waals surface area (Å²) < 4.78 is 16.9. The van der Waals surface area contributed by atoms with Crippen molar-refractivity contribution in [2.75, 3.05) is 5.32 Å². The molecule has 37 heavy (non-hydrogen) atoms. The van der Waals surface area contributed by atoms with Gasteiger partial charge in [0.2, 0.25) is 0 Å². The van der Waals surface area contributed by atoms with Crippen LogP contribution in [0.3, 0.4) is 0 Å². The number of nitrogens with one attached hydrogen (secondary N) is 2. The monoisotopic (exact) mass is 503 g/mol. The van der Waals surface area contributed by atoms with Gasteiger partial charge in [0.05, 0.1) is 5.56 Å². The first-order valence-electron chi connectivity index (χ1n) is 12.4. The van der Waals surface area contributed by atoms with E-state index in [4.69, 9.17) is 0 Å². The van der Waals surface area contributed by atoms with E-state index in [0.29, 0.717) is 43.6 Å². The Morgan fingerprint density at radius 3 is 2.54 bits per heavy atom. The number of anilines is 1. The fourth-order valence-corrected chi connectivity index (χ4v) is 4.65. The number of carboxylic acid groups (broad SMARTS) is 1. The first-order chi connectivity index (χ1) is 17.8. The van der Waals surface area contributed by atoms with Crippen LogP contribution in [-0.4, -0.2) is 33.0 Å². The van der Waals surface area contributed by atoms with E-state index in [-0.39, 0.29) is 17.0 Å². The summed E-state index contributed by atoms with van der Waals surface area (Å²) in [7, 11) is 0. The highest BCUT2D eigenvalue weighted by Crippen LogP contribution is 2.30. The molecule has 0 radical (unpaired) electrons. The molecule has 4 rings (SSSR count). The maximum absolute atomic E-state index is 15.2. The van der Waals surface area contributed by atoms with Crippen LogP contribution in [0.2, 0.25) is 0 Å². The number of carbonyl (C=O) groups is 3. The largest absolute Gasteiger partial charge is 0.480 e. The molecular weight excluding hydrogens is 473 g/mol. The molecule has 0 unspecified atom stereocenters. The predicted octanol–water partition coefficient (Wildman–Crippen LogP) is 5.28. The highest BCUT2D eigenvalue weighted by Gasteiger charge is 2.43. The Kier molecular flexibility index (Phi) is 7.86. The molecule has 3 N–H and O–H groups in total. The number of benzene rings is 2. The highest BCUT2D eigenvalue weighted by molar-refractivity contribution is 6.03. The van der Waals surface area contributed by atoms with Crippen molar-refractivity contribution >= 4 is 29.5 Å². The van der Waals surface area contributed by atoms with Crippen molar-refractivity contribution in [1.82, 2.24) is 9.88 Å². The summed E-state index contributed by atoms with van der Waals surface area (Å²) in [5.74, 6) is -2.82. The van der Waals surface area contributed by atoms with Gasteiger partial charge in [-0.3, -0.25) is 9.59 Å². The number of carboxylic acids is 1. The third-order valence-electron chi connectivity index (χ3n) is 6.75. The average Bonchev–Trinajstić information content (AvgIpc) is 3.56. The van der Waals surface area contributed by atoms with Crippen molar-refractivity contribution in [3.63, 3.8) is 0 Å². The minimum atomic E-state index is -1.35. The van der Waals surface area contributed by atoms with Gasteiger partial charge >= 0.3 is 5.97 Å². The van der Waals surface area contributed by atoms with Crippen molar-refractivity contribution in [2.24, 2.45) is 0 Å². The van der Waals surface area contributed by atoms with Crippen LogP contribution >= 0.6 is 0 Å². The molecule has 8 heteroatoms. The number of nitrogens with zero attached hydrogens (tertiary/aromatic N) is 1. The van der Waals surface area contributed by atoms with Crippen LogP contribution in [-0.2, 0) is 17.8 Å². The second-order valence-corrected chi connectivity index (χ2v) is 9.21. The van der Waals surface area contributed by atoms with Gasteiger partial charge in [0.1, 0.15) is 17.1 Å². The van der Waals surface area contributed by atoms with Gasteiger partial charge in [-0.15, -0.1) is 0 Å². The molecule has 0 aliphatic heterocycles. The summed E-state index contributed by atoms with van der Waals surface area (Å²) in [6.45, 7) is 2.36. The SMILES string of the molecule is CCc1cccc(NC(=O)c2cccn2C/C=C/c2cccc(C(=O)NC3(C(=O)O)CCCC3)c2F)c1. The molecular formula is C29H30FN3O4. The Morgan fingerprint density at radius 1 is 1.05 bits per heavy atom. The Balaban J connectivity index is 1.45. The maximum Gasteiger partial charge on any atom is 0.329 e. The van der Waals surface area contributed by atoms with Crippen molar-refractivity contribution in [3.8, 4) is 0 Å². The lowest BCUT2D eigenvalue weighted by atomic mass is 9.97. The first kappa shape index (κ1) is 25.9. The van der Waals surface area contributed by atoms with Gasteiger partial charge in [-0.1, -0.05) is 56.2 Å². The molecule has 1 saturated carbocycles. The second-order valence-electron chi connectivity index (χ2n) is 9.21. The molecule has 0 atom stereocenters. The normalized spacial score (nSPS) is 14.5. The predicted molar refractivity (Wildman–Crippen MR) is 140 cm³/mol. The first-order valence-corrected chi connectivity index (χ1v) is 12.4. The van der Waals surface area contributed by atoms with Crippen molar-refractivity contribution in [2.45, 2.75) is 51.1 Å². The van der Waals surface area contributed by atoms with Crippen LogP contribution in [0.5, 0.6) is 0 Å². The molecule has 3 aromatic rings. The molecule has 192 valence electrons. The number of aromatic nitrogens is 1. The van der Waals surface area contributed by atoms with Crippen LogP contribution in [0.25, 0.3) is 6.08 Å². The van der Waals surface area contributed by atoms with E-state index in [1.807, 2.05) is 31.2 Å². The molecule has 2 amide bonds. The van der Waals surface area contributed by atoms with Gasteiger partial charge in [0, 0.05) is 24.0 Å². The number of hydrogen-bond donors (Lipinski definition) is 3. The molecule has 1 fully saturated rings. The molecule has 1 aliphatic carbocycles. The molecule has 7 nitrogen and oxygen atoms in total. The molecule has 1 aliphatic rings. The fourth-order valence-electron chi connectivity index (χ4n) is 4.65. The van der Waals surface area contributed by atoms with Crippen LogP contribution < -0.4 is 10.6 Å². The standard InChI is InChI=1S/C29H30FN3O4/c1-2-20-9-5-12-22(19-20)31-27(35)24-14-8-18-33(24)17-7-11-21-10-6-13-23(25(21)30)26(34)32-29(28(36)37)15-3-4-16-29/h5-14,18-19H,2-4,15-17H2,1H3,(H,31,35)(H,32,34)(H,36,37)/b11-7+. The Morgan fingerprint density at radius 2 is 1.81 bits per heavy atom. The molecule has 2 aromatic carbocycles. The van der Waals surface area contributed by atoms with Gasteiger partial charge in [0.25, 0.3) is 11.8 Å². The van der Waals surface area contributed by atoms with Gasteiger partial charge in [-0.2, -0.15) is 0 Å². The van der Waals surface area contributed by atoms with E-state index in [2.05, 4.69) is 10.6 Å². The van der Waals surface area contributed by atoms with Crippen LogP contribution in [0, 0.1) is 5.82 Å². The topological polar surface area (TPSA) is 100 Å². The van der Waals surface area contributed by atoms with Gasteiger partial charge in [0.15, 0.2) is 0 Å². The number of hydrogen-bond acceptors (Lipinski definition) is 3. The lowest BCUT2D eigenvalue weighted by molar-refractivity contribution is -0.144. The van der Waals surface area contributed by atoms with Gasteiger partial charge in [-0.05, 0) is 55.2 Å². The van der Waals surface area contributed by atoms with Crippen molar-refractivity contribution in [1.29, 1.82) is 0 Å². The summed E-state index contributed by atoms with van der Waals surface area (Å²) in [4.78, 5) is 37.3. The third kappa shape index (κ3) is 5.80. The summed E-state index contributed by atoms with van der Waals surface area (Å²) in [5.41, 5.74) is 0.930. The summed E-state index contributed by atoms with van der Waals surface area (Å²) in [5, 5.41) is 15.1. The summed E-state index contributed by atoms with van der Waals surface area (Å²) in [6, 6.07) is 15.6. The van der Waals surface area contributed by atoms with E-state index in [1.165, 1.54) is 12.1 Å². The molecule has 0 spiro atoms. The molecule has 0 bridgehead atoms. The van der Waals surface area contributed by atoms with Crippen LogP contribution in [0.15, 0.2) is 66.9 Å². The lowest BCUT2D eigenvalue weighted by Gasteiger charge is -2.25.